The highest BCUT2D eigenvalue weighted by molar-refractivity contribution is 5.81. The van der Waals surface area contributed by atoms with Crippen LogP contribution in [0, 0.1) is 5.92 Å². The van der Waals surface area contributed by atoms with Gasteiger partial charge in [-0.3, -0.25) is 0 Å². The largest absolute Gasteiger partial charge is 0.465 e. The van der Waals surface area contributed by atoms with E-state index >= 15 is 0 Å². The first-order valence-corrected chi connectivity index (χ1v) is 7.74. The number of aryl methyl sites for hydroxylation is 1. The lowest BCUT2D eigenvalue weighted by Gasteiger charge is -2.26. The second-order valence-electron chi connectivity index (χ2n) is 5.68. The molecule has 0 aliphatic heterocycles. The first-order chi connectivity index (χ1) is 10.2. The van der Waals surface area contributed by atoms with E-state index in [4.69, 9.17) is 15.2 Å². The minimum Gasteiger partial charge on any atom is -0.465 e. The van der Waals surface area contributed by atoms with E-state index in [0.717, 1.165) is 25.7 Å². The highest BCUT2D eigenvalue weighted by atomic mass is 16.5. The van der Waals surface area contributed by atoms with Gasteiger partial charge in [-0.15, -0.1) is 0 Å². The molecule has 4 heteroatoms. The molecule has 0 bridgehead atoms. The van der Waals surface area contributed by atoms with Crippen LogP contribution >= 0.6 is 0 Å². The van der Waals surface area contributed by atoms with Gasteiger partial charge in [0.1, 0.15) is 5.54 Å². The third-order valence-electron chi connectivity index (χ3n) is 3.90. The molecule has 1 aliphatic rings. The average molecular weight is 291 g/mol. The van der Waals surface area contributed by atoms with Crippen molar-refractivity contribution < 1.29 is 14.3 Å². The maximum atomic E-state index is 12.0. The van der Waals surface area contributed by atoms with Gasteiger partial charge in [0.25, 0.3) is 0 Å². The molecule has 1 saturated carbocycles. The minimum atomic E-state index is -0.956. The highest BCUT2D eigenvalue weighted by Crippen LogP contribution is 2.39. The molecule has 2 N–H and O–H groups in total. The van der Waals surface area contributed by atoms with Crippen LogP contribution in [0.5, 0.6) is 0 Å². The standard InChI is InChI=1S/C17H25NO3/c1-2-21-16(19)17(18,15-10-11-15)13-20-12-6-9-14-7-4-3-5-8-14/h3-5,7-8,15H,2,6,9-13,18H2,1H3. The second-order valence-corrected chi connectivity index (χ2v) is 5.68. The van der Waals surface area contributed by atoms with E-state index in [1.165, 1.54) is 5.56 Å². The summed E-state index contributed by atoms with van der Waals surface area (Å²) >= 11 is 0. The molecule has 0 spiro atoms. The van der Waals surface area contributed by atoms with Gasteiger partial charge < -0.3 is 15.2 Å². The van der Waals surface area contributed by atoms with E-state index in [1.54, 1.807) is 6.92 Å². The van der Waals surface area contributed by atoms with E-state index in [9.17, 15) is 4.79 Å². The molecule has 0 heterocycles. The summed E-state index contributed by atoms with van der Waals surface area (Å²) in [6.45, 7) is 3.02. The summed E-state index contributed by atoms with van der Waals surface area (Å²) in [7, 11) is 0. The molecule has 1 aromatic carbocycles. The molecule has 0 amide bonds. The van der Waals surface area contributed by atoms with Crippen LogP contribution < -0.4 is 5.73 Å². The van der Waals surface area contributed by atoms with Crippen molar-refractivity contribution in [3.8, 4) is 0 Å². The highest BCUT2D eigenvalue weighted by Gasteiger charge is 2.49. The van der Waals surface area contributed by atoms with Crippen molar-refractivity contribution in [1.82, 2.24) is 0 Å². The number of hydrogen-bond acceptors (Lipinski definition) is 4. The van der Waals surface area contributed by atoms with Crippen LogP contribution in [-0.4, -0.2) is 31.3 Å². The maximum Gasteiger partial charge on any atom is 0.328 e. The average Bonchev–Trinajstić information content (AvgIpc) is 3.33. The molecule has 4 nitrogen and oxygen atoms in total. The van der Waals surface area contributed by atoms with E-state index in [2.05, 4.69) is 12.1 Å². The van der Waals surface area contributed by atoms with E-state index in [0.29, 0.717) is 13.2 Å². The lowest BCUT2D eigenvalue weighted by molar-refractivity contribution is -0.153. The van der Waals surface area contributed by atoms with Crippen molar-refractivity contribution in [1.29, 1.82) is 0 Å². The van der Waals surface area contributed by atoms with Crippen molar-refractivity contribution in [2.75, 3.05) is 19.8 Å². The summed E-state index contributed by atoms with van der Waals surface area (Å²) in [6, 6.07) is 10.3. The van der Waals surface area contributed by atoms with Crippen molar-refractivity contribution >= 4 is 5.97 Å². The van der Waals surface area contributed by atoms with Crippen LogP contribution in [-0.2, 0) is 20.7 Å². The van der Waals surface area contributed by atoms with Gasteiger partial charge in [-0.2, -0.15) is 0 Å². The lowest BCUT2D eigenvalue weighted by atomic mass is 9.96. The SMILES string of the molecule is CCOC(=O)C(N)(COCCCc1ccccc1)C1CC1. The van der Waals surface area contributed by atoms with E-state index < -0.39 is 5.54 Å². The molecule has 116 valence electrons. The Morgan fingerprint density at radius 2 is 2.05 bits per heavy atom. The third kappa shape index (κ3) is 4.55. The molecular formula is C17H25NO3. The van der Waals surface area contributed by atoms with Crippen LogP contribution in [0.2, 0.25) is 0 Å². The maximum absolute atomic E-state index is 12.0. The van der Waals surface area contributed by atoms with Crippen molar-refractivity contribution in [3.05, 3.63) is 35.9 Å². The monoisotopic (exact) mass is 291 g/mol. The summed E-state index contributed by atoms with van der Waals surface area (Å²) in [5.41, 5.74) is 6.57. The summed E-state index contributed by atoms with van der Waals surface area (Å²) in [4.78, 5) is 12.0. The molecule has 0 saturated heterocycles. The Morgan fingerprint density at radius 3 is 2.67 bits per heavy atom. The second kappa shape index (κ2) is 7.57. The zero-order valence-electron chi connectivity index (χ0n) is 12.7. The molecule has 2 rings (SSSR count). The molecule has 21 heavy (non-hydrogen) atoms. The Morgan fingerprint density at radius 1 is 1.33 bits per heavy atom. The number of ether oxygens (including phenoxy) is 2. The molecule has 1 aliphatic carbocycles. The van der Waals surface area contributed by atoms with Crippen molar-refractivity contribution in [3.63, 3.8) is 0 Å². The van der Waals surface area contributed by atoms with Gasteiger partial charge in [0, 0.05) is 6.61 Å². The molecule has 1 unspecified atom stereocenters. The molecule has 0 radical (unpaired) electrons. The van der Waals surface area contributed by atoms with Crippen LogP contribution in [0.15, 0.2) is 30.3 Å². The quantitative estimate of drug-likeness (QED) is 0.560. The summed E-state index contributed by atoms with van der Waals surface area (Å²) in [6.07, 6.45) is 3.88. The fourth-order valence-corrected chi connectivity index (χ4v) is 2.47. The Bertz CT molecular complexity index is 445. The van der Waals surface area contributed by atoms with Crippen molar-refractivity contribution in [2.45, 2.75) is 38.1 Å². The minimum absolute atomic E-state index is 0.214. The first kappa shape index (κ1) is 16.0. The summed E-state index contributed by atoms with van der Waals surface area (Å²) < 4.78 is 10.8. The number of hydrogen-bond donors (Lipinski definition) is 1. The molecule has 1 aromatic rings. The topological polar surface area (TPSA) is 61.5 Å². The molecule has 1 fully saturated rings. The normalized spacial score (nSPS) is 17.2. The number of carbonyl (C=O) groups is 1. The van der Waals surface area contributed by atoms with Gasteiger partial charge in [-0.25, -0.2) is 4.79 Å². The summed E-state index contributed by atoms with van der Waals surface area (Å²) in [5, 5.41) is 0. The van der Waals surface area contributed by atoms with Gasteiger partial charge in [-0.1, -0.05) is 30.3 Å². The molecular weight excluding hydrogens is 266 g/mol. The lowest BCUT2D eigenvalue weighted by Crippen LogP contribution is -2.55. The predicted molar refractivity (Wildman–Crippen MR) is 81.9 cm³/mol. The van der Waals surface area contributed by atoms with Gasteiger partial charge >= 0.3 is 5.97 Å². The molecule has 0 aromatic heterocycles. The van der Waals surface area contributed by atoms with Gasteiger partial charge in [0.05, 0.1) is 13.2 Å². The van der Waals surface area contributed by atoms with Crippen molar-refractivity contribution in [2.24, 2.45) is 11.7 Å². The number of rotatable bonds is 9. The number of esters is 1. The van der Waals surface area contributed by atoms with Gasteiger partial charge in [0.2, 0.25) is 0 Å². The van der Waals surface area contributed by atoms with Gasteiger partial charge in [0.15, 0.2) is 0 Å². The number of benzene rings is 1. The van der Waals surface area contributed by atoms with Crippen LogP contribution in [0.3, 0.4) is 0 Å². The summed E-state index contributed by atoms with van der Waals surface area (Å²) in [5.74, 6) is -0.110. The zero-order valence-corrected chi connectivity index (χ0v) is 12.7. The van der Waals surface area contributed by atoms with Gasteiger partial charge in [-0.05, 0) is 44.1 Å². The van der Waals surface area contributed by atoms with Crippen LogP contribution in [0.25, 0.3) is 0 Å². The molecule has 1 atom stereocenters. The zero-order chi connectivity index (χ0) is 15.1. The Hall–Kier alpha value is -1.39. The number of carbonyl (C=O) groups excluding carboxylic acids is 1. The van der Waals surface area contributed by atoms with E-state index in [-0.39, 0.29) is 18.5 Å². The predicted octanol–water partition coefficient (Wildman–Crippen LogP) is 2.31. The first-order valence-electron chi connectivity index (χ1n) is 7.74. The fourth-order valence-electron chi connectivity index (χ4n) is 2.47. The Balaban J connectivity index is 1.71. The Kier molecular flexibility index (Phi) is 5.76. The smallest absolute Gasteiger partial charge is 0.328 e. The Labute approximate surface area is 126 Å². The fraction of sp³-hybridized carbons (Fsp3) is 0.588. The van der Waals surface area contributed by atoms with Crippen LogP contribution in [0.4, 0.5) is 0 Å². The van der Waals surface area contributed by atoms with E-state index in [1.807, 2.05) is 18.2 Å². The number of nitrogens with two attached hydrogens (primary N) is 1. The van der Waals surface area contributed by atoms with Crippen LogP contribution in [0.1, 0.15) is 31.7 Å². The third-order valence-corrected chi connectivity index (χ3v) is 3.90.